The number of amides is 4. The fourth-order valence-electron chi connectivity index (χ4n) is 6.30. The number of benzene rings is 2. The van der Waals surface area contributed by atoms with Crippen LogP contribution in [0, 0.1) is 5.92 Å². The van der Waals surface area contributed by atoms with E-state index in [0.29, 0.717) is 19.3 Å². The number of rotatable bonds is 14. The minimum absolute atomic E-state index is 0.0207. The molecule has 2 fully saturated rings. The van der Waals surface area contributed by atoms with Crippen LogP contribution in [-0.2, 0) is 36.8 Å². The number of phenolic OH excluding ortho intramolecular Hbond substituents is 1. The summed E-state index contributed by atoms with van der Waals surface area (Å²) >= 11 is 0. The predicted octanol–water partition coefficient (Wildman–Crippen LogP) is 1.85. The zero-order valence-electron chi connectivity index (χ0n) is 26.5. The molecule has 2 aromatic carbocycles. The van der Waals surface area contributed by atoms with E-state index >= 15 is 0 Å². The molecular formula is C34H45N5O7. The number of aliphatic carboxylic acids is 1. The van der Waals surface area contributed by atoms with Gasteiger partial charge < -0.3 is 31.1 Å². The molecule has 12 heteroatoms. The predicted molar refractivity (Wildman–Crippen MR) is 170 cm³/mol. The molecule has 12 nitrogen and oxygen atoms in total. The first-order chi connectivity index (χ1) is 22.0. The van der Waals surface area contributed by atoms with E-state index < -0.39 is 54.0 Å². The van der Waals surface area contributed by atoms with Crippen LogP contribution in [0.5, 0.6) is 5.75 Å². The number of nitrogens with zero attached hydrogens (tertiary/aromatic N) is 1. The van der Waals surface area contributed by atoms with Crippen LogP contribution in [0.1, 0.15) is 63.5 Å². The molecule has 4 rings (SSSR count). The molecule has 3 atom stereocenters. The van der Waals surface area contributed by atoms with Gasteiger partial charge in [-0.3, -0.25) is 24.5 Å². The van der Waals surface area contributed by atoms with Gasteiger partial charge in [0.1, 0.15) is 24.4 Å². The average molecular weight is 636 g/mol. The zero-order valence-corrected chi connectivity index (χ0v) is 26.5. The number of hydrogen-bond donors (Lipinski definition) is 6. The Kier molecular flexibility index (Phi) is 11.8. The Bertz CT molecular complexity index is 1380. The average Bonchev–Trinajstić information content (AvgIpc) is 3.25. The molecule has 0 bridgehead atoms. The molecule has 0 radical (unpaired) electrons. The Balaban J connectivity index is 1.38. The van der Waals surface area contributed by atoms with Crippen molar-refractivity contribution in [2.24, 2.45) is 5.92 Å². The maximum absolute atomic E-state index is 13.6. The van der Waals surface area contributed by atoms with Crippen molar-refractivity contribution in [2.75, 3.05) is 13.1 Å². The van der Waals surface area contributed by atoms with Gasteiger partial charge in [0.15, 0.2) is 0 Å². The smallest absolute Gasteiger partial charge is 0.326 e. The molecule has 4 amide bonds. The first kappa shape index (κ1) is 34.4. The van der Waals surface area contributed by atoms with Crippen LogP contribution in [0.4, 0.5) is 0 Å². The summed E-state index contributed by atoms with van der Waals surface area (Å²) in [6.45, 7) is 3.05. The molecule has 2 aliphatic rings. The molecule has 1 saturated heterocycles. The lowest BCUT2D eigenvalue weighted by atomic mass is 9.88. The molecule has 1 aliphatic carbocycles. The SMILES string of the molecule is CC(C)C[C@H](NC(=O)[C@H](Cc1ccccc1)NC(=O)CNC(=O)CN1C(=O)[C@H](Cc2ccc(O)cc2)NC12CCCCC2)C(=O)O. The van der Waals surface area contributed by atoms with Gasteiger partial charge in [-0.25, -0.2) is 4.79 Å². The summed E-state index contributed by atoms with van der Waals surface area (Å²) in [4.78, 5) is 66.3. The van der Waals surface area contributed by atoms with E-state index in [2.05, 4.69) is 21.3 Å². The Morgan fingerprint density at radius 3 is 2.22 bits per heavy atom. The van der Waals surface area contributed by atoms with Gasteiger partial charge in [0.25, 0.3) is 0 Å². The molecule has 1 saturated carbocycles. The number of hydrogen-bond acceptors (Lipinski definition) is 7. The van der Waals surface area contributed by atoms with E-state index in [1.807, 2.05) is 19.9 Å². The van der Waals surface area contributed by atoms with E-state index in [1.165, 1.54) is 0 Å². The van der Waals surface area contributed by atoms with Crippen molar-refractivity contribution in [1.82, 2.24) is 26.2 Å². The molecular weight excluding hydrogens is 590 g/mol. The number of carboxylic acid groups (broad SMARTS) is 1. The molecule has 1 heterocycles. The molecule has 2 aromatic rings. The minimum atomic E-state index is -1.16. The van der Waals surface area contributed by atoms with Gasteiger partial charge in [-0.15, -0.1) is 0 Å². The first-order valence-corrected chi connectivity index (χ1v) is 16.0. The van der Waals surface area contributed by atoms with Crippen LogP contribution in [0.2, 0.25) is 0 Å². The molecule has 1 spiro atoms. The number of phenols is 1. The van der Waals surface area contributed by atoms with Gasteiger partial charge >= 0.3 is 5.97 Å². The van der Waals surface area contributed by atoms with E-state index in [1.54, 1.807) is 53.4 Å². The summed E-state index contributed by atoms with van der Waals surface area (Å²) in [7, 11) is 0. The van der Waals surface area contributed by atoms with Crippen LogP contribution in [0.25, 0.3) is 0 Å². The Hall–Kier alpha value is -4.45. The third kappa shape index (κ3) is 9.29. The number of carboxylic acids is 1. The van der Waals surface area contributed by atoms with Crippen molar-refractivity contribution in [2.45, 2.75) is 89.0 Å². The second-order valence-corrected chi connectivity index (χ2v) is 12.7. The lowest BCUT2D eigenvalue weighted by Gasteiger charge is -2.41. The van der Waals surface area contributed by atoms with Crippen LogP contribution < -0.4 is 21.3 Å². The van der Waals surface area contributed by atoms with Gasteiger partial charge in [0.2, 0.25) is 23.6 Å². The second kappa shape index (κ2) is 15.7. The van der Waals surface area contributed by atoms with Crippen molar-refractivity contribution in [3.8, 4) is 5.75 Å². The Morgan fingerprint density at radius 2 is 1.59 bits per heavy atom. The van der Waals surface area contributed by atoms with Crippen molar-refractivity contribution in [3.05, 3.63) is 65.7 Å². The van der Waals surface area contributed by atoms with Gasteiger partial charge in [-0.1, -0.05) is 62.7 Å². The standard InChI is InChI=1S/C34H45N5O7/c1-22(2)17-28(33(45)46)37-31(43)26(18-23-9-5-3-6-10-23)36-29(41)20-35-30(42)21-39-32(44)27(19-24-11-13-25(40)14-12-24)38-34(39)15-7-4-8-16-34/h3,5-6,9-14,22,26-28,38,40H,4,7-8,15-21H2,1-2H3,(H,35,42)(H,36,41)(H,37,43)(H,45,46)/t26-,27-,28-/m0/s1. The van der Waals surface area contributed by atoms with E-state index in [0.717, 1.165) is 30.4 Å². The lowest BCUT2D eigenvalue weighted by Crippen LogP contribution is -2.57. The normalized spacial score (nSPS) is 18.6. The number of aromatic hydroxyl groups is 1. The van der Waals surface area contributed by atoms with E-state index in [9.17, 15) is 34.2 Å². The van der Waals surface area contributed by atoms with Crippen LogP contribution in [0.3, 0.4) is 0 Å². The molecule has 6 N–H and O–H groups in total. The first-order valence-electron chi connectivity index (χ1n) is 16.0. The number of nitrogens with one attached hydrogen (secondary N) is 4. The maximum atomic E-state index is 13.6. The van der Waals surface area contributed by atoms with Crippen LogP contribution in [0.15, 0.2) is 54.6 Å². The fraction of sp³-hybridized carbons (Fsp3) is 0.500. The van der Waals surface area contributed by atoms with Gasteiger partial charge in [0.05, 0.1) is 18.2 Å². The Morgan fingerprint density at radius 1 is 0.913 bits per heavy atom. The monoisotopic (exact) mass is 635 g/mol. The summed E-state index contributed by atoms with van der Waals surface area (Å²) in [5.74, 6) is -2.95. The second-order valence-electron chi connectivity index (χ2n) is 12.7. The third-order valence-corrected chi connectivity index (χ3v) is 8.58. The van der Waals surface area contributed by atoms with Crippen molar-refractivity contribution in [3.63, 3.8) is 0 Å². The number of carbonyl (C=O) groups excluding carboxylic acids is 4. The minimum Gasteiger partial charge on any atom is -0.508 e. The highest BCUT2D eigenvalue weighted by Crippen LogP contribution is 2.36. The number of carbonyl (C=O) groups is 5. The van der Waals surface area contributed by atoms with E-state index in [4.69, 9.17) is 0 Å². The summed E-state index contributed by atoms with van der Waals surface area (Å²) in [5.41, 5.74) is 0.999. The molecule has 248 valence electrons. The summed E-state index contributed by atoms with van der Waals surface area (Å²) in [5, 5.41) is 30.5. The highest BCUT2D eigenvalue weighted by atomic mass is 16.4. The van der Waals surface area contributed by atoms with Gasteiger partial charge in [-0.2, -0.15) is 0 Å². The van der Waals surface area contributed by atoms with Crippen molar-refractivity contribution < 1.29 is 34.2 Å². The van der Waals surface area contributed by atoms with Crippen LogP contribution >= 0.6 is 0 Å². The molecule has 1 aliphatic heterocycles. The summed E-state index contributed by atoms with van der Waals surface area (Å²) in [6.07, 6.45) is 5.06. The molecule has 46 heavy (non-hydrogen) atoms. The van der Waals surface area contributed by atoms with E-state index in [-0.39, 0.29) is 37.0 Å². The summed E-state index contributed by atoms with van der Waals surface area (Å²) in [6, 6.07) is 13.0. The third-order valence-electron chi connectivity index (χ3n) is 8.58. The van der Waals surface area contributed by atoms with Gasteiger partial charge in [-0.05, 0) is 67.7 Å². The largest absolute Gasteiger partial charge is 0.508 e. The molecule has 0 aromatic heterocycles. The fourth-order valence-corrected chi connectivity index (χ4v) is 6.30. The molecule has 0 unspecified atom stereocenters. The van der Waals surface area contributed by atoms with Crippen LogP contribution in [-0.4, -0.2) is 81.6 Å². The quantitative estimate of drug-likeness (QED) is 0.182. The highest BCUT2D eigenvalue weighted by molar-refractivity contribution is 5.94. The topological polar surface area (TPSA) is 177 Å². The maximum Gasteiger partial charge on any atom is 0.326 e. The van der Waals surface area contributed by atoms with Gasteiger partial charge in [0, 0.05) is 6.42 Å². The zero-order chi connectivity index (χ0) is 33.3. The highest BCUT2D eigenvalue weighted by Gasteiger charge is 2.50. The summed E-state index contributed by atoms with van der Waals surface area (Å²) < 4.78 is 0. The lowest BCUT2D eigenvalue weighted by molar-refractivity contribution is -0.142. The van der Waals surface area contributed by atoms with Crippen molar-refractivity contribution in [1.29, 1.82) is 0 Å². The van der Waals surface area contributed by atoms with Crippen molar-refractivity contribution >= 4 is 29.6 Å². The Labute approximate surface area is 269 Å².